The molecule has 1 heterocycles. The third kappa shape index (κ3) is 3.99. The van der Waals surface area contributed by atoms with Gasteiger partial charge in [0.1, 0.15) is 0 Å². The lowest BCUT2D eigenvalue weighted by Crippen LogP contribution is -2.26. The fourth-order valence-corrected chi connectivity index (χ4v) is 3.08. The van der Waals surface area contributed by atoms with Gasteiger partial charge >= 0.3 is 0 Å². The molecule has 2 aromatic rings. The monoisotopic (exact) mass is 337 g/mol. The molecule has 0 atom stereocenters. The lowest BCUT2D eigenvalue weighted by molar-refractivity contribution is -0.117. The first-order chi connectivity index (χ1) is 12.2. The van der Waals surface area contributed by atoms with Gasteiger partial charge in [0.05, 0.1) is 17.9 Å². The minimum absolute atomic E-state index is 0.108. The predicted molar refractivity (Wildman–Crippen MR) is 101 cm³/mol. The highest BCUT2D eigenvalue weighted by atomic mass is 16.2. The maximum atomic E-state index is 12.3. The fourth-order valence-electron chi connectivity index (χ4n) is 3.08. The van der Waals surface area contributed by atoms with E-state index in [-0.39, 0.29) is 18.4 Å². The van der Waals surface area contributed by atoms with Crippen molar-refractivity contribution in [1.82, 2.24) is 0 Å². The van der Waals surface area contributed by atoms with Gasteiger partial charge in [-0.25, -0.2) is 0 Å². The van der Waals surface area contributed by atoms with Gasteiger partial charge in [-0.05, 0) is 36.6 Å². The molecule has 0 bridgehead atoms. The molecule has 5 heteroatoms. The zero-order chi connectivity index (χ0) is 17.6. The van der Waals surface area contributed by atoms with Crippen molar-refractivity contribution >= 4 is 28.9 Å². The molecule has 5 nitrogen and oxygen atoms in total. The number of anilines is 3. The standard InChI is InChI=1S/C20H23N3O2/c1-2-15-8-3-4-9-16(15)22-19(24)14-21-17-10-5-6-11-18(17)23-13-7-12-20(23)25/h3-6,8-11,21H,2,7,12-14H2,1H3,(H,22,24). The molecule has 0 saturated carbocycles. The maximum absolute atomic E-state index is 12.3. The Kier molecular flexibility index (Phi) is 5.33. The summed E-state index contributed by atoms with van der Waals surface area (Å²) in [6, 6.07) is 15.4. The van der Waals surface area contributed by atoms with Crippen LogP contribution in [0.25, 0.3) is 0 Å². The van der Waals surface area contributed by atoms with Crippen LogP contribution >= 0.6 is 0 Å². The molecule has 2 N–H and O–H groups in total. The molecule has 0 aliphatic carbocycles. The number of nitrogens with zero attached hydrogens (tertiary/aromatic N) is 1. The molecule has 0 spiro atoms. The second kappa shape index (κ2) is 7.83. The Morgan fingerprint density at radius 1 is 1.08 bits per heavy atom. The Bertz CT molecular complexity index is 773. The van der Waals surface area contributed by atoms with Gasteiger partial charge in [-0.2, -0.15) is 0 Å². The molecule has 2 aromatic carbocycles. The first-order valence-corrected chi connectivity index (χ1v) is 8.70. The number of carbonyl (C=O) groups excluding carboxylic acids is 2. The van der Waals surface area contributed by atoms with Crippen molar-refractivity contribution in [3.05, 3.63) is 54.1 Å². The summed E-state index contributed by atoms with van der Waals surface area (Å²) in [4.78, 5) is 26.1. The minimum Gasteiger partial charge on any atom is -0.374 e. The summed E-state index contributed by atoms with van der Waals surface area (Å²) in [6.07, 6.45) is 2.33. The van der Waals surface area contributed by atoms with E-state index in [0.717, 1.165) is 42.0 Å². The van der Waals surface area contributed by atoms with E-state index in [1.54, 1.807) is 4.90 Å². The number of rotatable bonds is 6. The van der Waals surface area contributed by atoms with Crippen molar-refractivity contribution in [2.24, 2.45) is 0 Å². The highest BCUT2D eigenvalue weighted by Crippen LogP contribution is 2.29. The zero-order valence-electron chi connectivity index (χ0n) is 14.4. The number of hydrogen-bond acceptors (Lipinski definition) is 3. The second-order valence-corrected chi connectivity index (χ2v) is 6.08. The van der Waals surface area contributed by atoms with E-state index < -0.39 is 0 Å². The topological polar surface area (TPSA) is 61.4 Å². The van der Waals surface area contributed by atoms with E-state index in [2.05, 4.69) is 17.6 Å². The van der Waals surface area contributed by atoms with E-state index in [4.69, 9.17) is 0 Å². The summed E-state index contributed by atoms with van der Waals surface area (Å²) in [6.45, 7) is 2.94. The Balaban J connectivity index is 1.66. The van der Waals surface area contributed by atoms with Crippen LogP contribution in [-0.2, 0) is 16.0 Å². The minimum atomic E-state index is -0.108. The zero-order valence-corrected chi connectivity index (χ0v) is 14.4. The molecule has 1 saturated heterocycles. The van der Waals surface area contributed by atoms with Crippen LogP contribution in [0.1, 0.15) is 25.3 Å². The van der Waals surface area contributed by atoms with Crippen molar-refractivity contribution < 1.29 is 9.59 Å². The molecule has 0 aromatic heterocycles. The molecule has 2 amide bonds. The Labute approximate surface area is 148 Å². The average Bonchev–Trinajstić information content (AvgIpc) is 3.06. The molecule has 0 unspecified atom stereocenters. The normalized spacial score (nSPS) is 13.8. The largest absolute Gasteiger partial charge is 0.374 e. The van der Waals surface area contributed by atoms with Crippen LogP contribution < -0.4 is 15.5 Å². The number of aryl methyl sites for hydroxylation is 1. The van der Waals surface area contributed by atoms with Crippen molar-refractivity contribution in [2.75, 3.05) is 28.6 Å². The number of para-hydroxylation sites is 3. The van der Waals surface area contributed by atoms with Crippen LogP contribution in [-0.4, -0.2) is 24.9 Å². The molecule has 1 aliphatic heterocycles. The van der Waals surface area contributed by atoms with Crippen LogP contribution in [0.3, 0.4) is 0 Å². The van der Waals surface area contributed by atoms with Gasteiger partial charge < -0.3 is 15.5 Å². The van der Waals surface area contributed by atoms with Gasteiger partial charge in [-0.1, -0.05) is 37.3 Å². The molecule has 1 fully saturated rings. The van der Waals surface area contributed by atoms with Crippen molar-refractivity contribution in [2.45, 2.75) is 26.2 Å². The lowest BCUT2D eigenvalue weighted by Gasteiger charge is -2.20. The van der Waals surface area contributed by atoms with Crippen LogP contribution in [0.4, 0.5) is 17.1 Å². The first-order valence-electron chi connectivity index (χ1n) is 8.70. The van der Waals surface area contributed by atoms with Crippen LogP contribution in [0, 0.1) is 0 Å². The number of hydrogen-bond donors (Lipinski definition) is 2. The maximum Gasteiger partial charge on any atom is 0.243 e. The van der Waals surface area contributed by atoms with Gasteiger partial charge in [0.25, 0.3) is 0 Å². The highest BCUT2D eigenvalue weighted by Gasteiger charge is 2.23. The Morgan fingerprint density at radius 3 is 2.52 bits per heavy atom. The molecule has 25 heavy (non-hydrogen) atoms. The van der Waals surface area contributed by atoms with E-state index in [1.807, 2.05) is 48.5 Å². The molecule has 0 radical (unpaired) electrons. The average molecular weight is 337 g/mol. The van der Waals surface area contributed by atoms with Gasteiger partial charge in [0.15, 0.2) is 0 Å². The van der Waals surface area contributed by atoms with Gasteiger partial charge in [0.2, 0.25) is 11.8 Å². The van der Waals surface area contributed by atoms with E-state index in [9.17, 15) is 9.59 Å². The van der Waals surface area contributed by atoms with Gasteiger partial charge in [-0.15, -0.1) is 0 Å². The van der Waals surface area contributed by atoms with E-state index >= 15 is 0 Å². The predicted octanol–water partition coefficient (Wildman–Crippen LogP) is 3.43. The number of nitrogens with one attached hydrogen (secondary N) is 2. The van der Waals surface area contributed by atoms with Crippen molar-refractivity contribution in [1.29, 1.82) is 0 Å². The molecular weight excluding hydrogens is 314 g/mol. The smallest absolute Gasteiger partial charge is 0.243 e. The van der Waals surface area contributed by atoms with Crippen molar-refractivity contribution in [3.63, 3.8) is 0 Å². The number of benzene rings is 2. The molecule has 130 valence electrons. The Morgan fingerprint density at radius 2 is 1.80 bits per heavy atom. The first kappa shape index (κ1) is 17.0. The molecular formula is C20H23N3O2. The number of carbonyl (C=O) groups is 2. The van der Waals surface area contributed by atoms with Crippen molar-refractivity contribution in [3.8, 4) is 0 Å². The summed E-state index contributed by atoms with van der Waals surface area (Å²) < 4.78 is 0. The summed E-state index contributed by atoms with van der Waals surface area (Å²) in [7, 11) is 0. The quantitative estimate of drug-likeness (QED) is 0.849. The highest BCUT2D eigenvalue weighted by molar-refractivity contribution is 5.99. The lowest BCUT2D eigenvalue weighted by atomic mass is 10.1. The summed E-state index contributed by atoms with van der Waals surface area (Å²) in [5.41, 5.74) is 3.60. The summed E-state index contributed by atoms with van der Waals surface area (Å²) in [5.74, 6) is 0.0269. The summed E-state index contributed by atoms with van der Waals surface area (Å²) in [5, 5.41) is 6.11. The third-order valence-electron chi connectivity index (χ3n) is 4.38. The third-order valence-corrected chi connectivity index (χ3v) is 4.38. The molecule has 3 rings (SSSR count). The van der Waals surface area contributed by atoms with E-state index in [1.165, 1.54) is 0 Å². The Hall–Kier alpha value is -2.82. The second-order valence-electron chi connectivity index (χ2n) is 6.08. The SMILES string of the molecule is CCc1ccccc1NC(=O)CNc1ccccc1N1CCCC1=O. The van der Waals surface area contributed by atoms with Crippen LogP contribution in [0.2, 0.25) is 0 Å². The van der Waals surface area contributed by atoms with Crippen LogP contribution in [0.15, 0.2) is 48.5 Å². The fraction of sp³-hybridized carbons (Fsp3) is 0.300. The number of amides is 2. The molecule has 1 aliphatic rings. The van der Waals surface area contributed by atoms with Gasteiger partial charge in [-0.3, -0.25) is 9.59 Å². The summed E-state index contributed by atoms with van der Waals surface area (Å²) >= 11 is 0. The van der Waals surface area contributed by atoms with Crippen LogP contribution in [0.5, 0.6) is 0 Å². The van der Waals surface area contributed by atoms with E-state index in [0.29, 0.717) is 6.42 Å². The van der Waals surface area contributed by atoms with Gasteiger partial charge in [0, 0.05) is 18.7 Å².